The van der Waals surface area contributed by atoms with E-state index in [4.69, 9.17) is 10.00 Å². The van der Waals surface area contributed by atoms with Crippen molar-refractivity contribution >= 4 is 10.0 Å². The van der Waals surface area contributed by atoms with Crippen LogP contribution in [0.25, 0.3) is 0 Å². The number of nitrogens with one attached hydrogen (secondary N) is 2. The van der Waals surface area contributed by atoms with E-state index in [1.807, 2.05) is 6.07 Å². The molecule has 0 amide bonds. The first-order valence-electron chi connectivity index (χ1n) is 6.38. The molecule has 1 saturated heterocycles. The van der Waals surface area contributed by atoms with E-state index in [0.29, 0.717) is 12.1 Å². The number of piperidine rings is 1. The lowest BCUT2D eigenvalue weighted by atomic mass is 10.1. The average Bonchev–Trinajstić information content (AvgIpc) is 2.47. The molecule has 0 aliphatic carbocycles. The lowest BCUT2D eigenvalue weighted by Gasteiger charge is -2.24. The summed E-state index contributed by atoms with van der Waals surface area (Å²) in [5.41, 5.74) is 0.361. The van der Waals surface area contributed by atoms with Gasteiger partial charge < -0.3 is 10.1 Å². The van der Waals surface area contributed by atoms with Crippen LogP contribution in [0.2, 0.25) is 0 Å². The van der Waals surface area contributed by atoms with E-state index in [9.17, 15) is 8.42 Å². The van der Waals surface area contributed by atoms with Crippen LogP contribution >= 0.6 is 0 Å². The molecule has 108 valence electrons. The molecular formula is C13H17N3O3S. The molecular weight excluding hydrogens is 278 g/mol. The minimum Gasteiger partial charge on any atom is -0.495 e. The van der Waals surface area contributed by atoms with Gasteiger partial charge >= 0.3 is 0 Å². The SMILES string of the molecule is COc1cc(C#N)ccc1S(=O)(=O)N[C@H]1CCCNC1. The van der Waals surface area contributed by atoms with Gasteiger partial charge in [0.15, 0.2) is 0 Å². The quantitative estimate of drug-likeness (QED) is 0.848. The Balaban J connectivity index is 2.26. The zero-order valence-electron chi connectivity index (χ0n) is 11.2. The molecule has 1 heterocycles. The minimum atomic E-state index is -3.65. The van der Waals surface area contributed by atoms with Gasteiger partial charge in [-0.25, -0.2) is 13.1 Å². The molecule has 1 fully saturated rings. The second-order valence-electron chi connectivity index (χ2n) is 4.64. The second-order valence-corrected chi connectivity index (χ2v) is 6.32. The molecule has 20 heavy (non-hydrogen) atoms. The molecule has 0 bridgehead atoms. The summed E-state index contributed by atoms with van der Waals surface area (Å²) in [6.45, 7) is 1.54. The van der Waals surface area contributed by atoms with Crippen LogP contribution in [0.5, 0.6) is 5.75 Å². The maximum atomic E-state index is 12.4. The molecule has 0 saturated carbocycles. The monoisotopic (exact) mass is 295 g/mol. The fourth-order valence-corrected chi connectivity index (χ4v) is 3.62. The van der Waals surface area contributed by atoms with Crippen molar-refractivity contribution in [2.45, 2.75) is 23.8 Å². The molecule has 1 aliphatic rings. The van der Waals surface area contributed by atoms with Gasteiger partial charge in [0.25, 0.3) is 0 Å². The van der Waals surface area contributed by atoms with Gasteiger partial charge in [0.1, 0.15) is 10.6 Å². The van der Waals surface area contributed by atoms with Crippen molar-refractivity contribution in [3.8, 4) is 11.8 Å². The number of nitriles is 1. The van der Waals surface area contributed by atoms with Gasteiger partial charge in [0.2, 0.25) is 10.0 Å². The average molecular weight is 295 g/mol. The number of benzene rings is 1. The summed E-state index contributed by atoms with van der Waals surface area (Å²) in [5, 5.41) is 12.0. The van der Waals surface area contributed by atoms with Gasteiger partial charge in [-0.2, -0.15) is 5.26 Å². The highest BCUT2D eigenvalue weighted by atomic mass is 32.2. The van der Waals surface area contributed by atoms with Crippen LogP contribution in [0.4, 0.5) is 0 Å². The Bertz CT molecular complexity index is 616. The van der Waals surface area contributed by atoms with E-state index in [2.05, 4.69) is 10.0 Å². The number of hydrogen-bond donors (Lipinski definition) is 2. The molecule has 6 nitrogen and oxygen atoms in total. The topological polar surface area (TPSA) is 91.2 Å². The third-order valence-corrected chi connectivity index (χ3v) is 4.76. The van der Waals surface area contributed by atoms with Gasteiger partial charge in [-0.05, 0) is 37.6 Å². The Labute approximate surface area is 118 Å². The molecule has 0 unspecified atom stereocenters. The second kappa shape index (κ2) is 6.22. The van der Waals surface area contributed by atoms with Crippen molar-refractivity contribution in [1.82, 2.24) is 10.0 Å². The summed E-state index contributed by atoms with van der Waals surface area (Å²) in [4.78, 5) is 0.0598. The molecule has 1 atom stereocenters. The van der Waals surface area contributed by atoms with Crippen LogP contribution in [0.3, 0.4) is 0 Å². The van der Waals surface area contributed by atoms with Crippen LogP contribution in [0.1, 0.15) is 18.4 Å². The molecule has 2 N–H and O–H groups in total. The van der Waals surface area contributed by atoms with Gasteiger partial charge in [-0.1, -0.05) is 0 Å². The largest absolute Gasteiger partial charge is 0.495 e. The minimum absolute atomic E-state index is 0.0598. The van der Waals surface area contributed by atoms with E-state index in [1.165, 1.54) is 25.3 Å². The Hall–Kier alpha value is -1.62. The predicted octanol–water partition coefficient (Wildman–Crippen LogP) is 0.597. The molecule has 0 radical (unpaired) electrons. The Morgan fingerprint density at radius 2 is 2.30 bits per heavy atom. The smallest absolute Gasteiger partial charge is 0.244 e. The van der Waals surface area contributed by atoms with Crippen molar-refractivity contribution in [1.29, 1.82) is 5.26 Å². The van der Waals surface area contributed by atoms with Crippen LogP contribution in [-0.2, 0) is 10.0 Å². The summed E-state index contributed by atoms with van der Waals surface area (Å²) < 4.78 is 32.5. The maximum absolute atomic E-state index is 12.4. The van der Waals surface area contributed by atoms with Crippen molar-refractivity contribution in [3.63, 3.8) is 0 Å². The number of rotatable bonds is 4. The number of nitrogens with zero attached hydrogens (tertiary/aromatic N) is 1. The molecule has 2 rings (SSSR count). The van der Waals surface area contributed by atoms with Gasteiger partial charge in [0, 0.05) is 12.6 Å². The summed E-state index contributed by atoms with van der Waals surface area (Å²) in [6, 6.07) is 6.13. The van der Waals surface area contributed by atoms with Crippen molar-refractivity contribution in [2.24, 2.45) is 0 Å². The molecule has 7 heteroatoms. The molecule has 0 aromatic heterocycles. The number of methoxy groups -OCH3 is 1. The van der Waals surface area contributed by atoms with E-state index >= 15 is 0 Å². The number of hydrogen-bond acceptors (Lipinski definition) is 5. The summed E-state index contributed by atoms with van der Waals surface area (Å²) in [7, 11) is -2.27. The molecule has 1 aliphatic heterocycles. The fraction of sp³-hybridized carbons (Fsp3) is 0.462. The van der Waals surface area contributed by atoms with E-state index in [0.717, 1.165) is 19.4 Å². The predicted molar refractivity (Wildman–Crippen MR) is 73.9 cm³/mol. The Morgan fingerprint density at radius 1 is 1.50 bits per heavy atom. The normalized spacial score (nSPS) is 19.3. The highest BCUT2D eigenvalue weighted by Crippen LogP contribution is 2.25. The molecule has 0 spiro atoms. The van der Waals surface area contributed by atoms with Crippen molar-refractivity contribution < 1.29 is 13.2 Å². The van der Waals surface area contributed by atoms with E-state index in [1.54, 1.807) is 0 Å². The Morgan fingerprint density at radius 3 is 2.90 bits per heavy atom. The standard InChI is InChI=1S/C13H17N3O3S/c1-19-12-7-10(8-14)4-5-13(12)20(17,18)16-11-3-2-6-15-9-11/h4-5,7,11,15-16H,2-3,6,9H2,1H3/t11-/m0/s1. The first kappa shape index (κ1) is 14.8. The summed E-state index contributed by atoms with van der Waals surface area (Å²) >= 11 is 0. The van der Waals surface area contributed by atoms with Gasteiger partial charge in [-0.3, -0.25) is 0 Å². The Kier molecular flexibility index (Phi) is 4.60. The number of sulfonamides is 1. The van der Waals surface area contributed by atoms with Gasteiger partial charge in [0.05, 0.1) is 18.7 Å². The number of ether oxygens (including phenoxy) is 1. The van der Waals surface area contributed by atoms with Crippen LogP contribution < -0.4 is 14.8 Å². The highest BCUT2D eigenvalue weighted by molar-refractivity contribution is 7.89. The van der Waals surface area contributed by atoms with E-state index < -0.39 is 10.0 Å². The lowest BCUT2D eigenvalue weighted by molar-refractivity contribution is 0.399. The molecule has 1 aromatic rings. The van der Waals surface area contributed by atoms with Crippen LogP contribution in [0.15, 0.2) is 23.1 Å². The first-order valence-corrected chi connectivity index (χ1v) is 7.86. The van der Waals surface area contributed by atoms with Crippen molar-refractivity contribution in [3.05, 3.63) is 23.8 Å². The fourth-order valence-electron chi connectivity index (χ4n) is 2.19. The van der Waals surface area contributed by atoms with Crippen LogP contribution in [-0.4, -0.2) is 34.7 Å². The first-order chi connectivity index (χ1) is 9.56. The van der Waals surface area contributed by atoms with Crippen LogP contribution in [0, 0.1) is 11.3 Å². The van der Waals surface area contributed by atoms with Gasteiger partial charge in [-0.15, -0.1) is 0 Å². The van der Waals surface area contributed by atoms with E-state index in [-0.39, 0.29) is 16.7 Å². The summed E-state index contributed by atoms with van der Waals surface area (Å²) in [6.07, 6.45) is 1.75. The summed E-state index contributed by atoms with van der Waals surface area (Å²) in [5.74, 6) is 0.181. The third kappa shape index (κ3) is 3.28. The third-order valence-electron chi connectivity index (χ3n) is 3.20. The zero-order chi connectivity index (χ0) is 14.6. The lowest BCUT2D eigenvalue weighted by Crippen LogP contribution is -2.45. The molecule has 1 aromatic carbocycles. The van der Waals surface area contributed by atoms with Crippen molar-refractivity contribution in [2.75, 3.05) is 20.2 Å². The highest BCUT2D eigenvalue weighted by Gasteiger charge is 2.24. The maximum Gasteiger partial charge on any atom is 0.244 e. The zero-order valence-corrected chi connectivity index (χ0v) is 12.0.